The van der Waals surface area contributed by atoms with E-state index in [0.29, 0.717) is 6.04 Å². The Labute approximate surface area is 114 Å². The molecule has 0 bridgehead atoms. The molecule has 1 aromatic heterocycles. The topological polar surface area (TPSA) is 36.4 Å². The molecule has 1 unspecified atom stereocenters. The van der Waals surface area contributed by atoms with Crippen LogP contribution in [0.15, 0.2) is 12.1 Å². The van der Waals surface area contributed by atoms with Crippen LogP contribution >= 0.6 is 11.8 Å². The minimum Gasteiger partial charge on any atom is -0.392 e. The Hall–Kier alpha value is -0.740. The van der Waals surface area contributed by atoms with Gasteiger partial charge < -0.3 is 10.0 Å². The van der Waals surface area contributed by atoms with E-state index in [1.165, 1.54) is 5.75 Å². The molecule has 0 aromatic carbocycles. The van der Waals surface area contributed by atoms with Crippen LogP contribution in [0.1, 0.15) is 31.5 Å². The van der Waals surface area contributed by atoms with Gasteiger partial charge in [-0.05, 0) is 31.0 Å². The molecule has 1 aromatic rings. The molecule has 2 heterocycles. The van der Waals surface area contributed by atoms with E-state index in [1.54, 1.807) is 0 Å². The Kier molecular flexibility index (Phi) is 4.89. The minimum absolute atomic E-state index is 0.100. The number of aryl methyl sites for hydroxylation is 1. The Balaban J connectivity index is 2.27. The van der Waals surface area contributed by atoms with E-state index in [2.05, 4.69) is 18.7 Å². The van der Waals surface area contributed by atoms with Crippen LogP contribution in [0.5, 0.6) is 0 Å². The third-order valence-electron chi connectivity index (χ3n) is 3.28. The molecule has 0 saturated carbocycles. The summed E-state index contributed by atoms with van der Waals surface area (Å²) in [4.78, 5) is 7.12. The van der Waals surface area contributed by atoms with E-state index >= 15 is 0 Å². The molecule has 18 heavy (non-hydrogen) atoms. The highest BCUT2D eigenvalue weighted by Gasteiger charge is 2.20. The Bertz CT molecular complexity index is 397. The van der Waals surface area contributed by atoms with Crippen molar-refractivity contribution < 1.29 is 5.11 Å². The molecule has 1 fully saturated rings. The summed E-state index contributed by atoms with van der Waals surface area (Å²) in [6.45, 7) is 5.56. The summed E-state index contributed by atoms with van der Waals surface area (Å²) < 4.78 is 0. The van der Waals surface area contributed by atoms with Crippen molar-refractivity contribution in [2.45, 2.75) is 39.3 Å². The number of hydrogen-bond donors (Lipinski definition) is 1. The molecule has 1 aliphatic rings. The number of pyridine rings is 1. The van der Waals surface area contributed by atoms with E-state index in [4.69, 9.17) is 4.98 Å². The van der Waals surface area contributed by atoms with Gasteiger partial charge in [-0.3, -0.25) is 0 Å². The van der Waals surface area contributed by atoms with Gasteiger partial charge in [0.2, 0.25) is 0 Å². The van der Waals surface area contributed by atoms with Gasteiger partial charge in [-0.1, -0.05) is 13.3 Å². The molecular formula is C14H22N2OS. The molecule has 100 valence electrons. The highest BCUT2D eigenvalue weighted by atomic mass is 32.2. The van der Waals surface area contributed by atoms with Gasteiger partial charge in [0, 0.05) is 29.8 Å². The summed E-state index contributed by atoms with van der Waals surface area (Å²) in [5.41, 5.74) is 2.08. The third kappa shape index (κ3) is 3.18. The van der Waals surface area contributed by atoms with Crippen LogP contribution in [0.2, 0.25) is 0 Å². The molecule has 0 aliphatic carbocycles. The van der Waals surface area contributed by atoms with Gasteiger partial charge >= 0.3 is 0 Å². The fraction of sp³-hybridized carbons (Fsp3) is 0.643. The second kappa shape index (κ2) is 6.43. The SMILES string of the molecule is CCCc1cc(CO)cc(N2CCSCC2C)n1. The maximum atomic E-state index is 9.37. The number of thioether (sulfide) groups is 1. The van der Waals surface area contributed by atoms with Crippen molar-refractivity contribution in [1.82, 2.24) is 4.98 Å². The van der Waals surface area contributed by atoms with E-state index in [9.17, 15) is 5.11 Å². The van der Waals surface area contributed by atoms with Gasteiger partial charge in [0.05, 0.1) is 6.61 Å². The predicted octanol–water partition coefficient (Wildman–Crippen LogP) is 2.47. The lowest BCUT2D eigenvalue weighted by Gasteiger charge is -2.34. The fourth-order valence-electron chi connectivity index (χ4n) is 2.32. The molecule has 0 amide bonds. The van der Waals surface area contributed by atoms with Crippen molar-refractivity contribution in [3.8, 4) is 0 Å². The maximum Gasteiger partial charge on any atom is 0.129 e. The quantitative estimate of drug-likeness (QED) is 0.908. The van der Waals surface area contributed by atoms with Crippen molar-refractivity contribution in [3.63, 3.8) is 0 Å². The summed E-state index contributed by atoms with van der Waals surface area (Å²) in [5, 5.41) is 9.37. The van der Waals surface area contributed by atoms with Crippen LogP contribution in [-0.4, -0.2) is 34.2 Å². The van der Waals surface area contributed by atoms with Gasteiger partial charge in [-0.2, -0.15) is 11.8 Å². The Morgan fingerprint density at radius 1 is 1.50 bits per heavy atom. The normalized spacial score (nSPS) is 20.2. The minimum atomic E-state index is 0.100. The van der Waals surface area contributed by atoms with Gasteiger partial charge in [-0.15, -0.1) is 0 Å². The van der Waals surface area contributed by atoms with Crippen LogP contribution in [0, 0.1) is 0 Å². The van der Waals surface area contributed by atoms with Crippen LogP contribution < -0.4 is 4.90 Å². The van der Waals surface area contributed by atoms with Crippen LogP contribution in [0.4, 0.5) is 5.82 Å². The second-order valence-electron chi connectivity index (χ2n) is 4.85. The second-order valence-corrected chi connectivity index (χ2v) is 6.00. The summed E-state index contributed by atoms with van der Waals surface area (Å²) in [6, 6.07) is 4.59. The van der Waals surface area contributed by atoms with Gasteiger partial charge in [0.15, 0.2) is 0 Å². The van der Waals surface area contributed by atoms with Gasteiger partial charge in [-0.25, -0.2) is 4.98 Å². The van der Waals surface area contributed by atoms with E-state index in [1.807, 2.05) is 23.9 Å². The molecule has 0 spiro atoms. The van der Waals surface area contributed by atoms with Crippen LogP contribution in [0.25, 0.3) is 0 Å². The Morgan fingerprint density at radius 3 is 3.00 bits per heavy atom. The largest absolute Gasteiger partial charge is 0.392 e. The number of aliphatic hydroxyl groups excluding tert-OH is 1. The first-order valence-corrected chi connectivity index (χ1v) is 7.85. The van der Waals surface area contributed by atoms with Crippen LogP contribution in [-0.2, 0) is 13.0 Å². The van der Waals surface area contributed by atoms with Crippen molar-refractivity contribution in [1.29, 1.82) is 0 Å². The summed E-state index contributed by atoms with van der Waals surface area (Å²) in [5.74, 6) is 3.37. The number of hydrogen-bond acceptors (Lipinski definition) is 4. The summed E-state index contributed by atoms with van der Waals surface area (Å²) in [7, 11) is 0. The fourth-order valence-corrected chi connectivity index (χ4v) is 3.34. The lowest BCUT2D eigenvalue weighted by Crippen LogP contribution is -2.41. The van der Waals surface area contributed by atoms with Gasteiger partial charge in [0.25, 0.3) is 0 Å². The lowest BCUT2D eigenvalue weighted by atomic mass is 10.1. The highest BCUT2D eigenvalue weighted by molar-refractivity contribution is 7.99. The molecule has 2 rings (SSSR count). The smallest absolute Gasteiger partial charge is 0.129 e. The molecule has 1 saturated heterocycles. The van der Waals surface area contributed by atoms with E-state index in [0.717, 1.165) is 42.2 Å². The first-order valence-electron chi connectivity index (χ1n) is 6.69. The molecule has 1 atom stereocenters. The Morgan fingerprint density at radius 2 is 2.33 bits per heavy atom. The molecule has 4 heteroatoms. The third-order valence-corrected chi connectivity index (χ3v) is 4.46. The molecule has 1 aliphatic heterocycles. The van der Waals surface area contributed by atoms with Crippen molar-refractivity contribution >= 4 is 17.6 Å². The zero-order chi connectivity index (χ0) is 13.0. The average Bonchev–Trinajstić information content (AvgIpc) is 2.39. The van der Waals surface area contributed by atoms with Gasteiger partial charge in [0.1, 0.15) is 5.82 Å². The number of nitrogens with zero attached hydrogens (tertiary/aromatic N) is 2. The number of anilines is 1. The van der Waals surface area contributed by atoms with Crippen molar-refractivity contribution in [2.75, 3.05) is 23.0 Å². The lowest BCUT2D eigenvalue weighted by molar-refractivity contribution is 0.281. The molecular weight excluding hydrogens is 244 g/mol. The molecule has 1 N–H and O–H groups in total. The average molecular weight is 266 g/mol. The van der Waals surface area contributed by atoms with Crippen LogP contribution in [0.3, 0.4) is 0 Å². The zero-order valence-electron chi connectivity index (χ0n) is 11.2. The number of aromatic nitrogens is 1. The predicted molar refractivity (Wildman–Crippen MR) is 78.3 cm³/mol. The first-order chi connectivity index (χ1) is 8.74. The number of rotatable bonds is 4. The highest BCUT2D eigenvalue weighted by Crippen LogP contribution is 2.24. The van der Waals surface area contributed by atoms with E-state index in [-0.39, 0.29) is 6.61 Å². The maximum absolute atomic E-state index is 9.37. The first kappa shape index (κ1) is 13.7. The summed E-state index contributed by atoms with van der Waals surface area (Å²) in [6.07, 6.45) is 2.07. The number of aliphatic hydroxyl groups is 1. The molecule has 0 radical (unpaired) electrons. The standard InChI is InChI=1S/C14H22N2OS/c1-3-4-13-7-12(9-17)8-14(15-13)16-5-6-18-10-11(16)2/h7-8,11,17H,3-6,9-10H2,1-2H3. The molecule has 3 nitrogen and oxygen atoms in total. The van der Waals surface area contributed by atoms with Crippen molar-refractivity contribution in [3.05, 3.63) is 23.4 Å². The van der Waals surface area contributed by atoms with Crippen molar-refractivity contribution in [2.24, 2.45) is 0 Å². The zero-order valence-corrected chi connectivity index (χ0v) is 12.0. The summed E-state index contributed by atoms with van der Waals surface area (Å²) >= 11 is 2.01. The monoisotopic (exact) mass is 266 g/mol. The van der Waals surface area contributed by atoms with E-state index < -0.39 is 0 Å².